The summed E-state index contributed by atoms with van der Waals surface area (Å²) in [6, 6.07) is 5.64. The van der Waals surface area contributed by atoms with Gasteiger partial charge in [-0.2, -0.15) is 0 Å². The molecule has 1 atom stereocenters. The number of nitrogens with zero attached hydrogens (tertiary/aromatic N) is 1. The summed E-state index contributed by atoms with van der Waals surface area (Å²) in [4.78, 5) is 0. The van der Waals surface area contributed by atoms with Gasteiger partial charge in [0.1, 0.15) is 11.6 Å². The third kappa shape index (κ3) is 2.53. The molecule has 0 radical (unpaired) electrons. The van der Waals surface area contributed by atoms with Crippen molar-refractivity contribution in [3.05, 3.63) is 59.4 Å². The number of nitrogens with two attached hydrogens (primary N) is 1. The normalized spacial score (nSPS) is 12.7. The molecule has 90 valence electrons. The van der Waals surface area contributed by atoms with Crippen LogP contribution in [0.25, 0.3) is 0 Å². The minimum atomic E-state index is -0.527. The van der Waals surface area contributed by atoms with Gasteiger partial charge in [0.15, 0.2) is 0 Å². The Balaban J connectivity index is 2.25. The first-order valence-corrected chi connectivity index (χ1v) is 5.42. The molecule has 2 N–H and O–H groups in total. The van der Waals surface area contributed by atoms with Crippen molar-refractivity contribution in [2.75, 3.05) is 0 Å². The molecule has 2 aromatic rings. The van der Waals surface area contributed by atoms with Gasteiger partial charge >= 0.3 is 0 Å². The van der Waals surface area contributed by atoms with Crippen LogP contribution in [0.15, 0.2) is 36.7 Å². The summed E-state index contributed by atoms with van der Waals surface area (Å²) in [7, 11) is 0. The van der Waals surface area contributed by atoms with E-state index < -0.39 is 11.6 Å². The van der Waals surface area contributed by atoms with E-state index in [0.717, 1.165) is 5.56 Å². The first kappa shape index (κ1) is 11.8. The second kappa shape index (κ2) is 4.67. The van der Waals surface area contributed by atoms with Gasteiger partial charge < -0.3 is 10.3 Å². The minimum absolute atomic E-state index is 0.0688. The molecule has 1 heterocycles. The molecule has 1 aromatic carbocycles. The van der Waals surface area contributed by atoms with Gasteiger partial charge in [-0.3, -0.25) is 0 Å². The fraction of sp³-hybridized carbons (Fsp3) is 0.231. The summed E-state index contributed by atoms with van der Waals surface area (Å²) < 4.78 is 28.6. The van der Waals surface area contributed by atoms with Crippen molar-refractivity contribution in [3.63, 3.8) is 0 Å². The molecule has 0 aliphatic carbocycles. The average Bonchev–Trinajstić information content (AvgIpc) is 2.72. The van der Waals surface area contributed by atoms with Crippen molar-refractivity contribution in [2.45, 2.75) is 19.5 Å². The molecule has 2 rings (SSSR count). The Morgan fingerprint density at radius 3 is 2.41 bits per heavy atom. The van der Waals surface area contributed by atoms with Crippen LogP contribution in [-0.2, 0) is 6.54 Å². The molecule has 0 bridgehead atoms. The molecular weight excluding hydrogens is 222 g/mol. The van der Waals surface area contributed by atoms with Crippen LogP contribution >= 0.6 is 0 Å². The van der Waals surface area contributed by atoms with Gasteiger partial charge in [-0.05, 0) is 30.7 Å². The number of hydrogen-bond donors (Lipinski definition) is 1. The topological polar surface area (TPSA) is 30.9 Å². The zero-order chi connectivity index (χ0) is 12.4. The van der Waals surface area contributed by atoms with E-state index in [4.69, 9.17) is 5.73 Å². The Hall–Kier alpha value is -1.68. The Labute approximate surface area is 98.7 Å². The molecule has 0 fully saturated rings. The predicted molar refractivity (Wildman–Crippen MR) is 62.5 cm³/mol. The standard InChI is InChI=1S/C13H14F2N2/c1-9(16)10-5-6-17(7-10)8-11-12(14)3-2-4-13(11)15/h2-7,9H,8,16H2,1H3. The van der Waals surface area contributed by atoms with Gasteiger partial charge in [0.2, 0.25) is 0 Å². The van der Waals surface area contributed by atoms with E-state index in [2.05, 4.69) is 0 Å². The van der Waals surface area contributed by atoms with Crippen LogP contribution in [0, 0.1) is 11.6 Å². The van der Waals surface area contributed by atoms with Crippen molar-refractivity contribution in [3.8, 4) is 0 Å². The Morgan fingerprint density at radius 1 is 1.24 bits per heavy atom. The lowest BCUT2D eigenvalue weighted by Gasteiger charge is -2.06. The molecule has 0 aliphatic rings. The van der Waals surface area contributed by atoms with Crippen molar-refractivity contribution in [1.82, 2.24) is 4.57 Å². The van der Waals surface area contributed by atoms with E-state index in [1.54, 1.807) is 17.0 Å². The van der Waals surface area contributed by atoms with Gasteiger partial charge in [-0.15, -0.1) is 0 Å². The largest absolute Gasteiger partial charge is 0.349 e. The van der Waals surface area contributed by atoms with E-state index in [-0.39, 0.29) is 18.2 Å². The summed E-state index contributed by atoms with van der Waals surface area (Å²) in [6.45, 7) is 2.04. The number of hydrogen-bond acceptors (Lipinski definition) is 1. The van der Waals surface area contributed by atoms with Gasteiger partial charge in [-0.25, -0.2) is 8.78 Å². The maximum Gasteiger partial charge on any atom is 0.131 e. The fourth-order valence-corrected chi connectivity index (χ4v) is 1.69. The Bertz CT molecular complexity index is 498. The Morgan fingerprint density at radius 2 is 1.88 bits per heavy atom. The molecule has 2 nitrogen and oxygen atoms in total. The second-order valence-corrected chi connectivity index (χ2v) is 4.11. The third-order valence-electron chi connectivity index (χ3n) is 2.70. The molecule has 1 aromatic heterocycles. The second-order valence-electron chi connectivity index (χ2n) is 4.11. The summed E-state index contributed by atoms with van der Waals surface area (Å²) in [6.07, 6.45) is 3.57. The van der Waals surface area contributed by atoms with Crippen molar-refractivity contribution >= 4 is 0 Å². The van der Waals surface area contributed by atoms with E-state index in [9.17, 15) is 8.78 Å². The lowest BCUT2D eigenvalue weighted by atomic mass is 10.2. The minimum Gasteiger partial charge on any atom is -0.349 e. The van der Waals surface area contributed by atoms with Gasteiger partial charge in [0.05, 0.1) is 6.54 Å². The van der Waals surface area contributed by atoms with Crippen LogP contribution < -0.4 is 5.73 Å². The molecule has 4 heteroatoms. The third-order valence-corrected chi connectivity index (χ3v) is 2.70. The highest BCUT2D eigenvalue weighted by atomic mass is 19.1. The van der Waals surface area contributed by atoms with Crippen LogP contribution in [0.1, 0.15) is 24.1 Å². The fourth-order valence-electron chi connectivity index (χ4n) is 1.69. The van der Waals surface area contributed by atoms with Crippen LogP contribution in [0.4, 0.5) is 8.78 Å². The number of rotatable bonds is 3. The SMILES string of the molecule is CC(N)c1ccn(Cc2c(F)cccc2F)c1. The first-order chi connectivity index (χ1) is 8.08. The van der Waals surface area contributed by atoms with Crippen LogP contribution in [0.2, 0.25) is 0 Å². The van der Waals surface area contributed by atoms with Crippen LogP contribution in [0.3, 0.4) is 0 Å². The summed E-state index contributed by atoms with van der Waals surface area (Å²) in [5.41, 5.74) is 6.73. The lowest BCUT2D eigenvalue weighted by Crippen LogP contribution is -2.05. The van der Waals surface area contributed by atoms with Gasteiger partial charge in [0.25, 0.3) is 0 Å². The molecule has 0 amide bonds. The smallest absolute Gasteiger partial charge is 0.131 e. The van der Waals surface area contributed by atoms with E-state index in [1.165, 1.54) is 18.2 Å². The maximum absolute atomic E-state index is 13.4. The quantitative estimate of drug-likeness (QED) is 0.872. The van der Waals surface area contributed by atoms with Crippen LogP contribution in [0.5, 0.6) is 0 Å². The molecule has 0 spiro atoms. The highest BCUT2D eigenvalue weighted by Gasteiger charge is 2.09. The Kier molecular flexibility index (Phi) is 3.24. The monoisotopic (exact) mass is 236 g/mol. The zero-order valence-electron chi connectivity index (χ0n) is 9.53. The zero-order valence-corrected chi connectivity index (χ0v) is 9.53. The maximum atomic E-state index is 13.4. The van der Waals surface area contributed by atoms with Crippen molar-refractivity contribution < 1.29 is 8.78 Å². The number of halogens is 2. The van der Waals surface area contributed by atoms with Crippen molar-refractivity contribution in [1.29, 1.82) is 0 Å². The highest BCUT2D eigenvalue weighted by Crippen LogP contribution is 2.16. The molecule has 0 aliphatic heterocycles. The highest BCUT2D eigenvalue weighted by molar-refractivity contribution is 5.22. The molecular formula is C13H14F2N2. The molecule has 0 saturated heterocycles. The summed E-state index contributed by atoms with van der Waals surface area (Å²) >= 11 is 0. The van der Waals surface area contributed by atoms with Crippen molar-refractivity contribution in [2.24, 2.45) is 5.73 Å². The van der Waals surface area contributed by atoms with E-state index >= 15 is 0 Å². The molecule has 17 heavy (non-hydrogen) atoms. The van der Waals surface area contributed by atoms with Gasteiger partial charge in [0, 0.05) is 24.0 Å². The first-order valence-electron chi connectivity index (χ1n) is 5.42. The number of benzene rings is 1. The van der Waals surface area contributed by atoms with Crippen LogP contribution in [-0.4, -0.2) is 4.57 Å². The summed E-state index contributed by atoms with van der Waals surface area (Å²) in [5, 5.41) is 0. The molecule has 1 unspecified atom stereocenters. The number of aromatic nitrogens is 1. The van der Waals surface area contributed by atoms with E-state index in [1.807, 2.05) is 13.0 Å². The summed E-state index contributed by atoms with van der Waals surface area (Å²) in [5.74, 6) is -1.05. The predicted octanol–water partition coefficient (Wildman–Crippen LogP) is 2.83. The van der Waals surface area contributed by atoms with Gasteiger partial charge in [-0.1, -0.05) is 6.07 Å². The lowest BCUT2D eigenvalue weighted by molar-refractivity contribution is 0.544. The average molecular weight is 236 g/mol. The van der Waals surface area contributed by atoms with E-state index in [0.29, 0.717) is 0 Å². The molecule has 0 saturated carbocycles.